The van der Waals surface area contributed by atoms with Gasteiger partial charge in [-0.15, -0.1) is 0 Å². The molecule has 2 rings (SSSR count). The van der Waals surface area contributed by atoms with Crippen molar-refractivity contribution < 1.29 is 22.7 Å². The third-order valence-corrected chi connectivity index (χ3v) is 3.49. The molecule has 2 aromatic rings. The van der Waals surface area contributed by atoms with Crippen molar-refractivity contribution in [2.24, 2.45) is 0 Å². The quantitative estimate of drug-likeness (QED) is 0.840. The Kier molecular flexibility index (Phi) is 5.50. The number of rotatable bonds is 5. The minimum absolute atomic E-state index is 0.0454. The standard InChI is InChI=1S/C16H16F3N3O2/c1-22(15(23)13-9-20-6-7-21-13)14(10-24-2)11-4-3-5-12(8-11)16(17,18)19/h3-9,14H,10H2,1-2H3/t14-/m0/s1. The molecule has 0 bridgehead atoms. The summed E-state index contributed by atoms with van der Waals surface area (Å²) in [6.07, 6.45) is -0.358. The zero-order chi connectivity index (χ0) is 17.7. The van der Waals surface area contributed by atoms with E-state index in [0.29, 0.717) is 5.56 Å². The van der Waals surface area contributed by atoms with Crippen molar-refractivity contribution in [3.8, 4) is 0 Å². The van der Waals surface area contributed by atoms with E-state index in [9.17, 15) is 18.0 Å². The van der Waals surface area contributed by atoms with Crippen LogP contribution in [0.15, 0.2) is 42.9 Å². The maximum Gasteiger partial charge on any atom is 0.416 e. The molecule has 0 saturated heterocycles. The van der Waals surface area contributed by atoms with Crippen LogP contribution in [0.2, 0.25) is 0 Å². The van der Waals surface area contributed by atoms with E-state index in [1.807, 2.05) is 0 Å². The SMILES string of the molecule is COC[C@@H](c1cccc(C(F)(F)F)c1)N(C)C(=O)c1cnccn1. The maximum absolute atomic E-state index is 12.9. The number of ether oxygens (including phenoxy) is 1. The number of hydrogen-bond acceptors (Lipinski definition) is 4. The third-order valence-electron chi connectivity index (χ3n) is 3.49. The Morgan fingerprint density at radius 3 is 2.67 bits per heavy atom. The van der Waals surface area contributed by atoms with Crippen LogP contribution in [0.25, 0.3) is 0 Å². The lowest BCUT2D eigenvalue weighted by Gasteiger charge is -2.28. The molecule has 24 heavy (non-hydrogen) atoms. The zero-order valence-corrected chi connectivity index (χ0v) is 13.1. The van der Waals surface area contributed by atoms with Gasteiger partial charge in [-0.1, -0.05) is 12.1 Å². The van der Waals surface area contributed by atoms with Gasteiger partial charge in [0.1, 0.15) is 5.69 Å². The van der Waals surface area contributed by atoms with E-state index >= 15 is 0 Å². The Labute approximate surface area is 137 Å². The molecule has 0 aliphatic heterocycles. The van der Waals surface area contributed by atoms with E-state index in [1.54, 1.807) is 0 Å². The summed E-state index contributed by atoms with van der Waals surface area (Å²) >= 11 is 0. The van der Waals surface area contributed by atoms with Crippen molar-refractivity contribution in [3.05, 3.63) is 59.7 Å². The van der Waals surface area contributed by atoms with Crippen molar-refractivity contribution in [2.45, 2.75) is 12.2 Å². The lowest BCUT2D eigenvalue weighted by Crippen LogP contribution is -2.34. The Hall–Kier alpha value is -2.48. The van der Waals surface area contributed by atoms with Crippen LogP contribution >= 0.6 is 0 Å². The van der Waals surface area contributed by atoms with Crippen molar-refractivity contribution >= 4 is 5.91 Å². The van der Waals surface area contributed by atoms with Gasteiger partial charge in [-0.3, -0.25) is 9.78 Å². The molecule has 8 heteroatoms. The highest BCUT2D eigenvalue weighted by atomic mass is 19.4. The molecule has 0 fully saturated rings. The van der Waals surface area contributed by atoms with Crippen molar-refractivity contribution in [2.75, 3.05) is 20.8 Å². The predicted molar refractivity (Wildman–Crippen MR) is 80.2 cm³/mol. The van der Waals surface area contributed by atoms with Gasteiger partial charge in [-0.2, -0.15) is 13.2 Å². The Morgan fingerprint density at radius 1 is 1.33 bits per heavy atom. The second-order valence-corrected chi connectivity index (χ2v) is 5.10. The number of carbonyl (C=O) groups is 1. The first-order valence-corrected chi connectivity index (χ1v) is 7.04. The monoisotopic (exact) mass is 339 g/mol. The normalized spacial score (nSPS) is 12.7. The molecule has 5 nitrogen and oxygen atoms in total. The van der Waals surface area contributed by atoms with Crippen LogP contribution in [0.5, 0.6) is 0 Å². The molecule has 1 atom stereocenters. The average Bonchev–Trinajstić information content (AvgIpc) is 2.58. The number of hydrogen-bond donors (Lipinski definition) is 0. The largest absolute Gasteiger partial charge is 0.416 e. The maximum atomic E-state index is 12.9. The van der Waals surface area contributed by atoms with Crippen LogP contribution in [-0.2, 0) is 10.9 Å². The fourth-order valence-electron chi connectivity index (χ4n) is 2.24. The Balaban J connectivity index is 2.34. The molecule has 0 radical (unpaired) electrons. The van der Waals surface area contributed by atoms with Gasteiger partial charge in [0.2, 0.25) is 0 Å². The summed E-state index contributed by atoms with van der Waals surface area (Å²) in [6, 6.07) is 4.15. The highest BCUT2D eigenvalue weighted by Crippen LogP contribution is 2.32. The van der Waals surface area contributed by atoms with Crippen LogP contribution in [0.3, 0.4) is 0 Å². The van der Waals surface area contributed by atoms with Crippen LogP contribution in [0, 0.1) is 0 Å². The molecule has 0 spiro atoms. The third kappa shape index (κ3) is 4.08. The van der Waals surface area contributed by atoms with Gasteiger partial charge in [-0.25, -0.2) is 4.98 Å². The number of amides is 1. The first-order chi connectivity index (χ1) is 11.3. The summed E-state index contributed by atoms with van der Waals surface area (Å²) in [4.78, 5) is 21.5. The van der Waals surface area contributed by atoms with Crippen LogP contribution in [-0.4, -0.2) is 41.5 Å². The van der Waals surface area contributed by atoms with Crippen LogP contribution in [0.1, 0.15) is 27.7 Å². The van der Waals surface area contributed by atoms with Gasteiger partial charge in [0.05, 0.1) is 24.4 Å². The van der Waals surface area contributed by atoms with Gasteiger partial charge < -0.3 is 9.64 Å². The number of benzene rings is 1. The summed E-state index contributed by atoms with van der Waals surface area (Å²) in [6.45, 7) is 0.0454. The van der Waals surface area contributed by atoms with Crippen LogP contribution < -0.4 is 0 Å². The van der Waals surface area contributed by atoms with Gasteiger partial charge in [0.25, 0.3) is 5.91 Å². The van der Waals surface area contributed by atoms with Gasteiger partial charge in [-0.05, 0) is 17.7 Å². The van der Waals surface area contributed by atoms with E-state index in [4.69, 9.17) is 4.74 Å². The molecule has 1 heterocycles. The van der Waals surface area contributed by atoms with E-state index in [2.05, 4.69) is 9.97 Å². The number of aromatic nitrogens is 2. The number of methoxy groups -OCH3 is 1. The molecule has 0 N–H and O–H groups in total. The average molecular weight is 339 g/mol. The van der Waals surface area contributed by atoms with Gasteiger partial charge in [0, 0.05) is 26.6 Å². The lowest BCUT2D eigenvalue weighted by molar-refractivity contribution is -0.137. The smallest absolute Gasteiger partial charge is 0.382 e. The minimum Gasteiger partial charge on any atom is -0.382 e. The highest BCUT2D eigenvalue weighted by Gasteiger charge is 2.32. The summed E-state index contributed by atoms with van der Waals surface area (Å²) in [7, 11) is 2.90. The van der Waals surface area contributed by atoms with Crippen LogP contribution in [0.4, 0.5) is 13.2 Å². The minimum atomic E-state index is -4.46. The summed E-state index contributed by atoms with van der Waals surface area (Å²) in [5.74, 6) is -0.456. The molecule has 1 amide bonds. The molecular weight excluding hydrogens is 323 g/mol. The number of carbonyl (C=O) groups excluding carboxylic acids is 1. The van der Waals surface area contributed by atoms with E-state index in [-0.39, 0.29) is 12.3 Å². The van der Waals surface area contributed by atoms with Gasteiger partial charge >= 0.3 is 6.18 Å². The molecule has 1 aromatic heterocycles. The first kappa shape index (κ1) is 17.9. The van der Waals surface area contributed by atoms with Crippen molar-refractivity contribution in [3.63, 3.8) is 0 Å². The number of nitrogens with zero attached hydrogens (tertiary/aromatic N) is 3. The second-order valence-electron chi connectivity index (χ2n) is 5.10. The molecule has 1 aromatic carbocycles. The molecule has 128 valence electrons. The van der Waals surface area contributed by atoms with Gasteiger partial charge in [0.15, 0.2) is 0 Å². The second kappa shape index (κ2) is 7.39. The summed E-state index contributed by atoms with van der Waals surface area (Å²) in [5, 5.41) is 0. The lowest BCUT2D eigenvalue weighted by atomic mass is 10.0. The summed E-state index contributed by atoms with van der Waals surface area (Å²) < 4.78 is 43.8. The molecular formula is C16H16F3N3O2. The summed E-state index contributed by atoms with van der Waals surface area (Å²) in [5.41, 5.74) is -0.346. The number of halogens is 3. The molecule has 0 aliphatic carbocycles. The predicted octanol–water partition coefficient (Wildman–Crippen LogP) is 2.96. The zero-order valence-electron chi connectivity index (χ0n) is 13.1. The number of alkyl halides is 3. The van der Waals surface area contributed by atoms with Crippen molar-refractivity contribution in [1.82, 2.24) is 14.9 Å². The van der Waals surface area contributed by atoms with E-state index in [0.717, 1.165) is 12.1 Å². The Bertz CT molecular complexity index is 692. The van der Waals surface area contributed by atoms with Crippen molar-refractivity contribution in [1.29, 1.82) is 0 Å². The topological polar surface area (TPSA) is 55.3 Å². The van der Waals surface area contributed by atoms with E-state index < -0.39 is 23.7 Å². The fourth-order valence-corrected chi connectivity index (χ4v) is 2.24. The Morgan fingerprint density at radius 2 is 2.08 bits per heavy atom. The first-order valence-electron chi connectivity index (χ1n) is 7.04. The van der Waals surface area contributed by atoms with E-state index in [1.165, 1.54) is 49.8 Å². The fraction of sp³-hybridized carbons (Fsp3) is 0.312. The molecule has 0 unspecified atom stereocenters. The molecule has 0 aliphatic rings. The highest BCUT2D eigenvalue weighted by molar-refractivity contribution is 5.92. The molecule has 0 saturated carbocycles. The number of likely N-dealkylation sites (N-methyl/N-ethyl adjacent to an activating group) is 1.